The summed E-state index contributed by atoms with van der Waals surface area (Å²) in [6.45, 7) is 2.14. The topological polar surface area (TPSA) is 17.1 Å². The standard InChI is InChI=1S/C8H13ClO/c1-2-3-4-5-8(9)6-7-10/h6-7H,2-5H2,1H3. The smallest absolute Gasteiger partial charge is 0.143 e. The first kappa shape index (κ1) is 9.70. The van der Waals surface area contributed by atoms with Crippen molar-refractivity contribution in [1.29, 1.82) is 0 Å². The minimum absolute atomic E-state index is 0.670. The van der Waals surface area contributed by atoms with Gasteiger partial charge in [-0.1, -0.05) is 31.4 Å². The van der Waals surface area contributed by atoms with Crippen molar-refractivity contribution in [2.24, 2.45) is 0 Å². The Kier molecular flexibility index (Phi) is 6.61. The van der Waals surface area contributed by atoms with Crippen molar-refractivity contribution in [1.82, 2.24) is 0 Å². The van der Waals surface area contributed by atoms with E-state index in [2.05, 4.69) is 6.92 Å². The maximum absolute atomic E-state index is 9.89. The Morgan fingerprint density at radius 1 is 1.50 bits per heavy atom. The van der Waals surface area contributed by atoms with Crippen LogP contribution in [-0.2, 0) is 4.79 Å². The number of allylic oxidation sites excluding steroid dienone is 2. The number of unbranched alkanes of at least 4 members (excludes halogenated alkanes) is 2. The van der Waals surface area contributed by atoms with Crippen molar-refractivity contribution in [2.75, 3.05) is 0 Å². The van der Waals surface area contributed by atoms with Gasteiger partial charge in [0.1, 0.15) is 6.29 Å². The Morgan fingerprint density at radius 3 is 2.70 bits per heavy atom. The minimum atomic E-state index is 0.670. The van der Waals surface area contributed by atoms with Crippen molar-refractivity contribution in [3.63, 3.8) is 0 Å². The molecule has 0 bridgehead atoms. The van der Waals surface area contributed by atoms with Crippen LogP contribution < -0.4 is 0 Å². The molecule has 58 valence electrons. The predicted octanol–water partition coefficient (Wildman–Crippen LogP) is 2.89. The molecule has 0 aromatic heterocycles. The van der Waals surface area contributed by atoms with E-state index >= 15 is 0 Å². The summed E-state index contributed by atoms with van der Waals surface area (Å²) in [5, 5.41) is 0.670. The van der Waals surface area contributed by atoms with Gasteiger partial charge in [-0.15, -0.1) is 0 Å². The van der Waals surface area contributed by atoms with E-state index in [4.69, 9.17) is 11.6 Å². The minimum Gasteiger partial charge on any atom is -0.299 e. The number of halogens is 1. The lowest BCUT2D eigenvalue weighted by Crippen LogP contribution is -1.76. The van der Waals surface area contributed by atoms with Crippen LogP contribution in [0.3, 0.4) is 0 Å². The van der Waals surface area contributed by atoms with Crippen LogP contribution in [-0.4, -0.2) is 6.29 Å². The zero-order valence-electron chi connectivity index (χ0n) is 6.27. The SMILES string of the molecule is CCCCCC(Cl)=CC=O. The third-order valence-electron chi connectivity index (χ3n) is 1.27. The lowest BCUT2D eigenvalue weighted by atomic mass is 10.2. The Morgan fingerprint density at radius 2 is 2.20 bits per heavy atom. The molecule has 0 atom stereocenters. The summed E-state index contributed by atoms with van der Waals surface area (Å²) < 4.78 is 0. The molecule has 0 saturated carbocycles. The molecular formula is C8H13ClO. The monoisotopic (exact) mass is 160 g/mol. The fourth-order valence-corrected chi connectivity index (χ4v) is 0.886. The number of hydrogen-bond acceptors (Lipinski definition) is 1. The third-order valence-corrected chi connectivity index (χ3v) is 1.58. The van der Waals surface area contributed by atoms with E-state index in [9.17, 15) is 4.79 Å². The van der Waals surface area contributed by atoms with Gasteiger partial charge in [0.2, 0.25) is 0 Å². The van der Waals surface area contributed by atoms with Gasteiger partial charge in [-0.05, 0) is 18.9 Å². The van der Waals surface area contributed by atoms with Gasteiger partial charge in [-0.25, -0.2) is 0 Å². The number of carbonyl (C=O) groups excluding carboxylic acids is 1. The molecule has 10 heavy (non-hydrogen) atoms. The highest BCUT2D eigenvalue weighted by atomic mass is 35.5. The van der Waals surface area contributed by atoms with Crippen LogP contribution in [0.5, 0.6) is 0 Å². The summed E-state index contributed by atoms with van der Waals surface area (Å²) in [5.74, 6) is 0. The molecule has 0 aromatic rings. The van der Waals surface area contributed by atoms with Gasteiger partial charge in [0.05, 0.1) is 0 Å². The van der Waals surface area contributed by atoms with Gasteiger partial charge in [-0.3, -0.25) is 4.79 Å². The van der Waals surface area contributed by atoms with Crippen LogP contribution in [0, 0.1) is 0 Å². The van der Waals surface area contributed by atoms with Crippen LogP contribution in [0.15, 0.2) is 11.1 Å². The normalized spacial score (nSPS) is 11.6. The number of carbonyl (C=O) groups is 1. The van der Waals surface area contributed by atoms with Gasteiger partial charge in [0.25, 0.3) is 0 Å². The average molecular weight is 161 g/mol. The Hall–Kier alpha value is -0.300. The van der Waals surface area contributed by atoms with Gasteiger partial charge in [0.15, 0.2) is 0 Å². The van der Waals surface area contributed by atoms with Crippen LogP contribution in [0.2, 0.25) is 0 Å². The quantitative estimate of drug-likeness (QED) is 0.343. The number of hydrogen-bond donors (Lipinski definition) is 0. The van der Waals surface area contributed by atoms with Gasteiger partial charge < -0.3 is 0 Å². The average Bonchev–Trinajstić information content (AvgIpc) is 1.89. The Labute approximate surface area is 67.1 Å². The first-order valence-electron chi connectivity index (χ1n) is 3.61. The molecule has 2 heteroatoms. The van der Waals surface area contributed by atoms with Crippen LogP contribution in [0.4, 0.5) is 0 Å². The van der Waals surface area contributed by atoms with Crippen molar-refractivity contribution < 1.29 is 4.79 Å². The molecule has 0 fully saturated rings. The van der Waals surface area contributed by atoms with Crippen LogP contribution >= 0.6 is 11.6 Å². The van der Waals surface area contributed by atoms with Gasteiger partial charge in [0, 0.05) is 5.03 Å². The lowest BCUT2D eigenvalue weighted by Gasteiger charge is -1.94. The number of rotatable bonds is 5. The van der Waals surface area contributed by atoms with Gasteiger partial charge >= 0.3 is 0 Å². The molecule has 0 aliphatic rings. The van der Waals surface area contributed by atoms with E-state index in [-0.39, 0.29) is 0 Å². The molecule has 0 rings (SSSR count). The first-order chi connectivity index (χ1) is 4.81. The second-order valence-corrected chi connectivity index (χ2v) is 2.69. The zero-order valence-corrected chi connectivity index (χ0v) is 7.03. The highest BCUT2D eigenvalue weighted by Gasteiger charge is 1.90. The summed E-state index contributed by atoms with van der Waals surface area (Å²) in [6, 6.07) is 0. The van der Waals surface area contributed by atoms with E-state index in [0.717, 1.165) is 19.1 Å². The second kappa shape index (κ2) is 6.81. The molecule has 0 aromatic carbocycles. The highest BCUT2D eigenvalue weighted by molar-refractivity contribution is 6.30. The van der Waals surface area contributed by atoms with E-state index in [0.29, 0.717) is 5.03 Å². The molecular weight excluding hydrogens is 148 g/mol. The highest BCUT2D eigenvalue weighted by Crippen LogP contribution is 2.11. The molecule has 0 saturated heterocycles. The fraction of sp³-hybridized carbons (Fsp3) is 0.625. The molecule has 1 nitrogen and oxygen atoms in total. The van der Waals surface area contributed by atoms with Crippen molar-refractivity contribution >= 4 is 17.9 Å². The first-order valence-corrected chi connectivity index (χ1v) is 3.99. The van der Waals surface area contributed by atoms with E-state index < -0.39 is 0 Å². The van der Waals surface area contributed by atoms with E-state index in [1.807, 2.05) is 0 Å². The van der Waals surface area contributed by atoms with Crippen molar-refractivity contribution in [3.8, 4) is 0 Å². The maximum atomic E-state index is 9.89. The summed E-state index contributed by atoms with van der Waals surface area (Å²) in [5.41, 5.74) is 0. The molecule has 0 spiro atoms. The van der Waals surface area contributed by atoms with Crippen LogP contribution in [0.1, 0.15) is 32.6 Å². The summed E-state index contributed by atoms with van der Waals surface area (Å²) in [4.78, 5) is 9.89. The Balaban J connectivity index is 3.29. The zero-order chi connectivity index (χ0) is 7.82. The summed E-state index contributed by atoms with van der Waals surface area (Å²) in [6.07, 6.45) is 6.44. The van der Waals surface area contributed by atoms with Gasteiger partial charge in [-0.2, -0.15) is 0 Å². The van der Waals surface area contributed by atoms with Crippen LogP contribution in [0.25, 0.3) is 0 Å². The van der Waals surface area contributed by atoms with Crippen molar-refractivity contribution in [3.05, 3.63) is 11.1 Å². The number of aldehydes is 1. The third kappa shape index (κ3) is 5.83. The largest absolute Gasteiger partial charge is 0.299 e. The fourth-order valence-electron chi connectivity index (χ4n) is 0.701. The summed E-state index contributed by atoms with van der Waals surface area (Å²) in [7, 11) is 0. The molecule has 0 aliphatic carbocycles. The second-order valence-electron chi connectivity index (χ2n) is 2.21. The van der Waals surface area contributed by atoms with E-state index in [1.54, 1.807) is 0 Å². The Bertz CT molecular complexity index is 118. The molecule has 0 radical (unpaired) electrons. The molecule has 0 aliphatic heterocycles. The predicted molar refractivity (Wildman–Crippen MR) is 44.1 cm³/mol. The van der Waals surface area contributed by atoms with E-state index in [1.165, 1.54) is 18.9 Å². The molecule has 0 amide bonds. The molecule has 0 N–H and O–H groups in total. The lowest BCUT2D eigenvalue weighted by molar-refractivity contribution is -0.104. The maximum Gasteiger partial charge on any atom is 0.143 e. The van der Waals surface area contributed by atoms with Crippen molar-refractivity contribution in [2.45, 2.75) is 32.6 Å². The molecule has 0 heterocycles. The summed E-state index contributed by atoms with van der Waals surface area (Å²) >= 11 is 5.65. The molecule has 0 unspecified atom stereocenters.